The van der Waals surface area contributed by atoms with Crippen molar-refractivity contribution in [2.45, 2.75) is 6.92 Å². The molecule has 0 radical (unpaired) electrons. The van der Waals surface area contributed by atoms with Crippen molar-refractivity contribution < 1.29 is 19.1 Å². The summed E-state index contributed by atoms with van der Waals surface area (Å²) < 4.78 is 4.70. The number of Topliss-reactive ketones (excluding diaryl/α,β-unsaturated/α-hetero) is 1. The van der Waals surface area contributed by atoms with Crippen molar-refractivity contribution >= 4 is 29.1 Å². The fourth-order valence-corrected chi connectivity index (χ4v) is 2.13. The Hall–Kier alpha value is -2.46. The molecule has 112 valence electrons. The average Bonchev–Trinajstić information content (AvgIpc) is 2.54. The van der Waals surface area contributed by atoms with Crippen LogP contribution in [-0.2, 0) is 9.53 Å². The van der Waals surface area contributed by atoms with E-state index in [9.17, 15) is 14.4 Å². The second kappa shape index (κ2) is 7.00. The van der Waals surface area contributed by atoms with E-state index in [0.717, 1.165) is 0 Å². The van der Waals surface area contributed by atoms with Crippen LogP contribution in [0.1, 0.15) is 33.2 Å². The minimum Gasteiger partial charge on any atom is -0.460 e. The molecule has 2 rings (SSSR count). The molecule has 2 aromatic rings. The summed E-state index contributed by atoms with van der Waals surface area (Å²) >= 11 is 5.91. The largest absolute Gasteiger partial charge is 0.460 e. The van der Waals surface area contributed by atoms with Crippen LogP contribution in [0.15, 0.2) is 48.5 Å². The van der Waals surface area contributed by atoms with Gasteiger partial charge in [0.15, 0.2) is 5.78 Å². The highest BCUT2D eigenvalue weighted by Crippen LogP contribution is 2.20. The molecule has 0 saturated heterocycles. The van der Waals surface area contributed by atoms with Gasteiger partial charge in [-0.05, 0) is 25.1 Å². The molecule has 0 fully saturated rings. The molecule has 0 unspecified atom stereocenters. The monoisotopic (exact) mass is 316 g/mol. The lowest BCUT2D eigenvalue weighted by molar-refractivity contribution is -0.137. The summed E-state index contributed by atoms with van der Waals surface area (Å²) in [5, 5.41) is 0.305. The molecular weight excluding hydrogens is 304 g/mol. The van der Waals surface area contributed by atoms with E-state index in [0.29, 0.717) is 10.6 Å². The molecule has 0 amide bonds. The van der Waals surface area contributed by atoms with Gasteiger partial charge >= 0.3 is 5.97 Å². The standard InChI is InChI=1S/C17H13ClO4/c1-2-22-17(21)16(20)13-9-8-12(18)10-14(13)15(19)11-6-4-3-5-7-11/h3-10H,2H2,1H3. The number of carbonyl (C=O) groups is 3. The molecule has 22 heavy (non-hydrogen) atoms. The van der Waals surface area contributed by atoms with E-state index in [1.165, 1.54) is 18.2 Å². The first-order valence-electron chi connectivity index (χ1n) is 6.65. The first-order valence-corrected chi connectivity index (χ1v) is 7.03. The van der Waals surface area contributed by atoms with Gasteiger partial charge in [-0.15, -0.1) is 0 Å². The van der Waals surface area contributed by atoms with Crippen LogP contribution in [0.25, 0.3) is 0 Å². The van der Waals surface area contributed by atoms with Crippen molar-refractivity contribution in [2.24, 2.45) is 0 Å². The van der Waals surface area contributed by atoms with Gasteiger partial charge in [-0.2, -0.15) is 0 Å². The lowest BCUT2D eigenvalue weighted by Gasteiger charge is -2.08. The average molecular weight is 317 g/mol. The van der Waals surface area contributed by atoms with Gasteiger partial charge < -0.3 is 4.74 Å². The van der Waals surface area contributed by atoms with E-state index in [2.05, 4.69) is 0 Å². The zero-order chi connectivity index (χ0) is 16.1. The normalized spacial score (nSPS) is 10.1. The Morgan fingerprint density at radius 1 is 1.00 bits per heavy atom. The summed E-state index contributed by atoms with van der Waals surface area (Å²) in [4.78, 5) is 36.3. The third-order valence-corrected chi connectivity index (χ3v) is 3.20. The van der Waals surface area contributed by atoms with Crippen molar-refractivity contribution in [1.82, 2.24) is 0 Å². The van der Waals surface area contributed by atoms with Crippen LogP contribution in [-0.4, -0.2) is 24.1 Å². The van der Waals surface area contributed by atoms with Crippen LogP contribution in [0.3, 0.4) is 0 Å². The second-order valence-electron chi connectivity index (χ2n) is 4.43. The Kier molecular flexibility index (Phi) is 5.07. The Bertz CT molecular complexity index is 723. The van der Waals surface area contributed by atoms with E-state index in [4.69, 9.17) is 16.3 Å². The van der Waals surface area contributed by atoms with Gasteiger partial charge in [-0.3, -0.25) is 9.59 Å². The molecule has 0 heterocycles. The topological polar surface area (TPSA) is 60.4 Å². The Labute approximate surface area is 132 Å². The van der Waals surface area contributed by atoms with Crippen LogP contribution in [0.4, 0.5) is 0 Å². The first-order chi connectivity index (χ1) is 10.5. The maximum atomic E-state index is 12.5. The lowest BCUT2D eigenvalue weighted by Crippen LogP contribution is -2.20. The summed E-state index contributed by atoms with van der Waals surface area (Å²) in [6.45, 7) is 1.68. The van der Waals surface area contributed by atoms with Crippen molar-refractivity contribution in [2.75, 3.05) is 6.61 Å². The van der Waals surface area contributed by atoms with Gasteiger partial charge in [0.05, 0.1) is 6.61 Å². The molecule has 0 bridgehead atoms. The molecule has 0 spiro atoms. The summed E-state index contributed by atoms with van der Waals surface area (Å²) in [5.41, 5.74) is 0.469. The highest BCUT2D eigenvalue weighted by atomic mass is 35.5. The maximum absolute atomic E-state index is 12.5. The third kappa shape index (κ3) is 3.40. The third-order valence-electron chi connectivity index (χ3n) is 2.97. The highest BCUT2D eigenvalue weighted by Gasteiger charge is 2.24. The number of hydrogen-bond acceptors (Lipinski definition) is 4. The predicted octanol–water partition coefficient (Wildman–Crippen LogP) is 3.32. The van der Waals surface area contributed by atoms with Gasteiger partial charge in [0, 0.05) is 21.7 Å². The first kappa shape index (κ1) is 15.9. The highest BCUT2D eigenvalue weighted by molar-refractivity contribution is 6.42. The summed E-state index contributed by atoms with van der Waals surface area (Å²) in [6.07, 6.45) is 0. The fourth-order valence-electron chi connectivity index (χ4n) is 1.95. The van der Waals surface area contributed by atoms with Crippen molar-refractivity contribution in [3.8, 4) is 0 Å². The van der Waals surface area contributed by atoms with Crippen LogP contribution in [0.5, 0.6) is 0 Å². The second-order valence-corrected chi connectivity index (χ2v) is 4.87. The molecule has 2 aromatic carbocycles. The predicted molar refractivity (Wildman–Crippen MR) is 82.3 cm³/mol. The van der Waals surface area contributed by atoms with E-state index >= 15 is 0 Å². The minimum absolute atomic E-state index is 0.0169. The number of ketones is 2. The van der Waals surface area contributed by atoms with E-state index < -0.39 is 11.8 Å². The van der Waals surface area contributed by atoms with E-state index in [1.54, 1.807) is 37.3 Å². The number of carbonyl (C=O) groups excluding carboxylic acids is 3. The number of ether oxygens (including phenoxy) is 1. The zero-order valence-corrected chi connectivity index (χ0v) is 12.6. The number of esters is 1. The van der Waals surface area contributed by atoms with Gasteiger partial charge in [0.1, 0.15) is 0 Å². The number of hydrogen-bond donors (Lipinski definition) is 0. The molecule has 0 N–H and O–H groups in total. The van der Waals surface area contributed by atoms with Crippen molar-refractivity contribution in [1.29, 1.82) is 0 Å². The molecule has 0 aliphatic carbocycles. The number of rotatable bonds is 5. The molecule has 0 saturated carbocycles. The maximum Gasteiger partial charge on any atom is 0.379 e. The molecule has 4 nitrogen and oxygen atoms in total. The van der Waals surface area contributed by atoms with Gasteiger partial charge in [-0.25, -0.2) is 4.79 Å². The molecule has 0 aliphatic rings. The quantitative estimate of drug-likeness (QED) is 0.482. The van der Waals surface area contributed by atoms with Crippen molar-refractivity contribution in [3.05, 3.63) is 70.2 Å². The van der Waals surface area contributed by atoms with Crippen molar-refractivity contribution in [3.63, 3.8) is 0 Å². The Morgan fingerprint density at radius 3 is 2.32 bits per heavy atom. The van der Waals surface area contributed by atoms with Crippen LogP contribution < -0.4 is 0 Å². The molecule has 5 heteroatoms. The zero-order valence-electron chi connectivity index (χ0n) is 11.8. The molecule has 0 atom stereocenters. The van der Waals surface area contributed by atoms with E-state index in [1.807, 2.05) is 0 Å². The molecule has 0 aromatic heterocycles. The minimum atomic E-state index is -0.994. The number of halogens is 1. The smallest absolute Gasteiger partial charge is 0.379 e. The van der Waals surface area contributed by atoms with Gasteiger partial charge in [0.2, 0.25) is 0 Å². The summed E-state index contributed by atoms with van der Waals surface area (Å²) in [5.74, 6) is -2.24. The Balaban J connectivity index is 2.47. The Morgan fingerprint density at radius 2 is 1.68 bits per heavy atom. The van der Waals surface area contributed by atoms with E-state index in [-0.39, 0.29) is 23.5 Å². The van der Waals surface area contributed by atoms with Gasteiger partial charge in [0.25, 0.3) is 5.78 Å². The summed E-state index contributed by atoms with van der Waals surface area (Å²) in [6, 6.07) is 12.6. The molecular formula is C17H13ClO4. The summed E-state index contributed by atoms with van der Waals surface area (Å²) in [7, 11) is 0. The number of benzene rings is 2. The molecule has 0 aliphatic heterocycles. The SMILES string of the molecule is CCOC(=O)C(=O)c1ccc(Cl)cc1C(=O)c1ccccc1. The lowest BCUT2D eigenvalue weighted by atomic mass is 9.96. The van der Waals surface area contributed by atoms with Crippen LogP contribution in [0, 0.1) is 0 Å². The van der Waals surface area contributed by atoms with Gasteiger partial charge in [-0.1, -0.05) is 41.9 Å². The fraction of sp³-hybridized carbons (Fsp3) is 0.118. The van der Waals surface area contributed by atoms with Crippen LogP contribution >= 0.6 is 11.6 Å². The van der Waals surface area contributed by atoms with Crippen LogP contribution in [0.2, 0.25) is 5.02 Å².